The van der Waals surface area contributed by atoms with Gasteiger partial charge in [0, 0.05) is 25.0 Å². The van der Waals surface area contributed by atoms with E-state index in [4.69, 9.17) is 5.73 Å². The van der Waals surface area contributed by atoms with Crippen LogP contribution in [0.4, 0.5) is 5.69 Å². The van der Waals surface area contributed by atoms with Crippen LogP contribution in [0.3, 0.4) is 0 Å². The molecule has 1 aromatic rings. The Kier molecular flexibility index (Phi) is 7.00. The van der Waals surface area contributed by atoms with Gasteiger partial charge in [0.2, 0.25) is 5.91 Å². The van der Waals surface area contributed by atoms with Gasteiger partial charge in [-0.2, -0.15) is 0 Å². The second-order valence-electron chi connectivity index (χ2n) is 8.58. The minimum atomic E-state index is 0. The van der Waals surface area contributed by atoms with Crippen molar-refractivity contribution in [3.05, 3.63) is 29.8 Å². The summed E-state index contributed by atoms with van der Waals surface area (Å²) < 4.78 is 0. The van der Waals surface area contributed by atoms with Crippen molar-refractivity contribution in [1.82, 2.24) is 4.90 Å². The third-order valence-corrected chi connectivity index (χ3v) is 6.84. The predicted octanol–water partition coefficient (Wildman–Crippen LogP) is 3.83. The van der Waals surface area contributed by atoms with Crippen LogP contribution in [0.5, 0.6) is 0 Å². The van der Waals surface area contributed by atoms with E-state index in [1.54, 1.807) is 0 Å². The maximum absolute atomic E-state index is 13.0. The van der Waals surface area contributed by atoms with Crippen LogP contribution in [0.15, 0.2) is 24.3 Å². The number of fused-ring (bicyclic) bond motifs is 2. The molecule has 1 aromatic carbocycles. The highest BCUT2D eigenvalue weighted by Crippen LogP contribution is 2.42. The molecule has 28 heavy (non-hydrogen) atoms. The molecule has 1 saturated heterocycles. The third kappa shape index (κ3) is 4.36. The molecular formula is C22H32ClN3O2. The molecule has 5 nitrogen and oxygen atoms in total. The summed E-state index contributed by atoms with van der Waals surface area (Å²) >= 11 is 0. The Morgan fingerprint density at radius 2 is 1.61 bits per heavy atom. The lowest BCUT2D eigenvalue weighted by Gasteiger charge is -2.43. The number of nitrogens with two attached hydrogens (primary N) is 1. The second kappa shape index (κ2) is 9.27. The van der Waals surface area contributed by atoms with E-state index in [1.807, 2.05) is 29.2 Å². The average molecular weight is 406 g/mol. The molecule has 3 N–H and O–H groups in total. The van der Waals surface area contributed by atoms with Gasteiger partial charge in [-0.25, -0.2) is 0 Å². The normalized spacial score (nSPS) is 29.5. The SMILES string of the molecule is Cl.NC1C2CCCC1CC(C(=O)Nc1ccccc1C(=O)N1CCCCC1)C2. The first-order chi connectivity index (χ1) is 13.1. The molecule has 0 spiro atoms. The molecule has 2 amide bonds. The lowest BCUT2D eigenvalue weighted by Crippen LogP contribution is -2.48. The van der Waals surface area contributed by atoms with Gasteiger partial charge in [-0.3, -0.25) is 9.59 Å². The lowest BCUT2D eigenvalue weighted by atomic mass is 9.65. The Bertz CT molecular complexity index is 691. The molecule has 0 radical (unpaired) electrons. The number of anilines is 1. The maximum Gasteiger partial charge on any atom is 0.255 e. The summed E-state index contributed by atoms with van der Waals surface area (Å²) in [5.74, 6) is 1.04. The van der Waals surface area contributed by atoms with Gasteiger partial charge in [-0.05, 0) is 68.9 Å². The van der Waals surface area contributed by atoms with Crippen molar-refractivity contribution in [2.24, 2.45) is 23.5 Å². The van der Waals surface area contributed by atoms with Gasteiger partial charge in [0.05, 0.1) is 11.3 Å². The van der Waals surface area contributed by atoms with Crippen molar-refractivity contribution in [3.63, 3.8) is 0 Å². The number of nitrogens with one attached hydrogen (secondary N) is 1. The number of likely N-dealkylation sites (tertiary alicyclic amines) is 1. The van der Waals surface area contributed by atoms with Crippen LogP contribution in [-0.2, 0) is 4.79 Å². The molecule has 2 bridgehead atoms. The summed E-state index contributed by atoms with van der Waals surface area (Å²) in [4.78, 5) is 27.8. The zero-order valence-corrected chi connectivity index (χ0v) is 17.3. The van der Waals surface area contributed by atoms with E-state index >= 15 is 0 Å². The first kappa shape index (κ1) is 21.1. The molecule has 3 aliphatic rings. The molecule has 2 unspecified atom stereocenters. The molecule has 154 valence electrons. The Morgan fingerprint density at radius 3 is 2.29 bits per heavy atom. The van der Waals surface area contributed by atoms with Gasteiger partial charge >= 0.3 is 0 Å². The van der Waals surface area contributed by atoms with E-state index in [-0.39, 0.29) is 36.2 Å². The number of amides is 2. The van der Waals surface area contributed by atoms with E-state index in [0.717, 1.165) is 51.6 Å². The van der Waals surface area contributed by atoms with Crippen molar-refractivity contribution in [2.75, 3.05) is 18.4 Å². The molecule has 3 fully saturated rings. The van der Waals surface area contributed by atoms with E-state index in [2.05, 4.69) is 5.32 Å². The van der Waals surface area contributed by atoms with E-state index < -0.39 is 0 Å². The second-order valence-corrected chi connectivity index (χ2v) is 8.58. The number of piperidine rings is 1. The summed E-state index contributed by atoms with van der Waals surface area (Å²) in [6, 6.07) is 7.70. The topological polar surface area (TPSA) is 75.4 Å². The van der Waals surface area contributed by atoms with Crippen LogP contribution >= 0.6 is 12.4 Å². The summed E-state index contributed by atoms with van der Waals surface area (Å²) in [7, 11) is 0. The summed E-state index contributed by atoms with van der Waals surface area (Å²) in [6.07, 6.45) is 8.60. The van der Waals surface area contributed by atoms with Gasteiger partial charge in [0.15, 0.2) is 0 Å². The highest BCUT2D eigenvalue weighted by Gasteiger charge is 2.40. The van der Waals surface area contributed by atoms with Crippen LogP contribution in [-0.4, -0.2) is 35.8 Å². The van der Waals surface area contributed by atoms with Crippen molar-refractivity contribution in [3.8, 4) is 0 Å². The van der Waals surface area contributed by atoms with Crippen LogP contribution in [0.2, 0.25) is 0 Å². The Morgan fingerprint density at radius 1 is 0.964 bits per heavy atom. The molecule has 1 heterocycles. The van der Waals surface area contributed by atoms with E-state index in [1.165, 1.54) is 12.8 Å². The largest absolute Gasteiger partial charge is 0.339 e. The standard InChI is InChI=1S/C22H31N3O2.ClH/c23-20-15-7-6-8-16(20)14-17(13-15)21(26)24-19-10-3-2-9-18(19)22(27)25-11-4-1-5-12-25;/h2-3,9-10,15-17,20H,1,4-8,11-14,23H2,(H,24,26);1H. The Hall–Kier alpha value is -1.59. The monoisotopic (exact) mass is 405 g/mol. The zero-order chi connectivity index (χ0) is 18.8. The zero-order valence-electron chi connectivity index (χ0n) is 16.4. The number of hydrogen-bond donors (Lipinski definition) is 2. The number of rotatable bonds is 3. The molecule has 4 rings (SSSR count). The highest BCUT2D eigenvalue weighted by atomic mass is 35.5. The molecule has 2 atom stereocenters. The van der Waals surface area contributed by atoms with E-state index in [0.29, 0.717) is 23.1 Å². The minimum Gasteiger partial charge on any atom is -0.339 e. The van der Waals surface area contributed by atoms with Crippen molar-refractivity contribution in [1.29, 1.82) is 0 Å². The number of nitrogens with zero attached hydrogens (tertiary/aromatic N) is 1. The fraction of sp³-hybridized carbons (Fsp3) is 0.636. The number of carbonyl (C=O) groups is 2. The number of benzene rings is 1. The predicted molar refractivity (Wildman–Crippen MR) is 114 cm³/mol. The lowest BCUT2D eigenvalue weighted by molar-refractivity contribution is -0.122. The van der Waals surface area contributed by atoms with Crippen molar-refractivity contribution in [2.45, 2.75) is 57.4 Å². The molecule has 2 saturated carbocycles. The molecule has 1 aliphatic heterocycles. The van der Waals surface area contributed by atoms with Crippen molar-refractivity contribution >= 4 is 29.9 Å². The van der Waals surface area contributed by atoms with Gasteiger partial charge < -0.3 is 16.0 Å². The van der Waals surface area contributed by atoms with Crippen molar-refractivity contribution < 1.29 is 9.59 Å². The van der Waals surface area contributed by atoms with Crippen LogP contribution in [0.25, 0.3) is 0 Å². The molecule has 6 heteroatoms. The number of halogens is 1. The summed E-state index contributed by atoms with van der Waals surface area (Å²) in [5.41, 5.74) is 7.63. The maximum atomic E-state index is 13.0. The summed E-state index contributed by atoms with van der Waals surface area (Å²) in [6.45, 7) is 1.62. The van der Waals surface area contributed by atoms with Crippen LogP contribution in [0, 0.1) is 17.8 Å². The van der Waals surface area contributed by atoms with Crippen LogP contribution < -0.4 is 11.1 Å². The quantitative estimate of drug-likeness (QED) is 0.802. The van der Waals surface area contributed by atoms with Gasteiger partial charge in [-0.1, -0.05) is 18.6 Å². The average Bonchev–Trinajstić information content (AvgIpc) is 2.68. The smallest absolute Gasteiger partial charge is 0.255 e. The number of hydrogen-bond acceptors (Lipinski definition) is 3. The minimum absolute atomic E-state index is 0. The Balaban J connectivity index is 0.00000225. The summed E-state index contributed by atoms with van der Waals surface area (Å²) in [5, 5.41) is 3.08. The van der Waals surface area contributed by atoms with Gasteiger partial charge in [0.1, 0.15) is 0 Å². The third-order valence-electron chi connectivity index (χ3n) is 6.84. The fourth-order valence-electron chi connectivity index (χ4n) is 5.28. The Labute approximate surface area is 173 Å². The number of carbonyl (C=O) groups excluding carboxylic acids is 2. The molecular weight excluding hydrogens is 374 g/mol. The molecule has 2 aliphatic carbocycles. The molecule has 0 aromatic heterocycles. The highest BCUT2D eigenvalue weighted by molar-refractivity contribution is 6.04. The van der Waals surface area contributed by atoms with Gasteiger partial charge in [-0.15, -0.1) is 12.4 Å². The van der Waals surface area contributed by atoms with Gasteiger partial charge in [0.25, 0.3) is 5.91 Å². The van der Waals surface area contributed by atoms with E-state index in [9.17, 15) is 9.59 Å². The first-order valence-corrected chi connectivity index (χ1v) is 10.6. The fourth-order valence-corrected chi connectivity index (χ4v) is 5.28. The first-order valence-electron chi connectivity index (χ1n) is 10.6. The number of para-hydroxylation sites is 1. The van der Waals surface area contributed by atoms with Crippen LogP contribution in [0.1, 0.15) is 61.7 Å².